The van der Waals surface area contributed by atoms with E-state index in [2.05, 4.69) is 56.6 Å². The molecule has 0 aliphatic heterocycles. The molecule has 0 atom stereocenters. The zero-order valence-electron chi connectivity index (χ0n) is 8.72. The third-order valence-corrected chi connectivity index (χ3v) is 2.41. The Kier molecular flexibility index (Phi) is 3.26. The van der Waals surface area contributed by atoms with Crippen LogP contribution < -0.4 is 5.32 Å². The van der Waals surface area contributed by atoms with Crippen LogP contribution in [0.15, 0.2) is 29.2 Å². The second-order valence-corrected chi connectivity index (χ2v) is 4.92. The van der Waals surface area contributed by atoms with Crippen molar-refractivity contribution in [1.29, 1.82) is 0 Å². The highest BCUT2D eigenvalue weighted by atomic mass is 32.2. The summed E-state index contributed by atoms with van der Waals surface area (Å²) in [6, 6.07) is 8.39. The molecule has 0 heterocycles. The summed E-state index contributed by atoms with van der Waals surface area (Å²) in [5.74, 6) is 0. The number of thioether (sulfide) groups is 1. The maximum Gasteiger partial charge on any atom is 0.0482 e. The van der Waals surface area contributed by atoms with Gasteiger partial charge in [-0.05, 0) is 39.2 Å². The Labute approximate surface area is 84.9 Å². The molecule has 13 heavy (non-hydrogen) atoms. The van der Waals surface area contributed by atoms with Gasteiger partial charge in [0.15, 0.2) is 0 Å². The molecule has 1 aromatic rings. The molecule has 0 radical (unpaired) electrons. The van der Waals surface area contributed by atoms with Crippen LogP contribution in [-0.2, 0) is 0 Å². The van der Waals surface area contributed by atoms with Gasteiger partial charge in [0, 0.05) is 16.1 Å². The first-order valence-corrected chi connectivity index (χ1v) is 5.66. The highest BCUT2D eigenvalue weighted by Gasteiger charge is 2.10. The molecule has 0 saturated carbocycles. The number of anilines is 1. The van der Waals surface area contributed by atoms with Crippen LogP contribution in [0.25, 0.3) is 0 Å². The minimum atomic E-state index is 0.131. The van der Waals surface area contributed by atoms with Crippen molar-refractivity contribution in [3.8, 4) is 0 Å². The first-order valence-electron chi connectivity index (χ1n) is 4.44. The SMILES string of the molecule is CSc1ccccc1NC(C)(C)C. The van der Waals surface area contributed by atoms with E-state index in [9.17, 15) is 0 Å². The molecule has 1 N–H and O–H groups in total. The number of rotatable bonds is 2. The van der Waals surface area contributed by atoms with Crippen LogP contribution in [0, 0.1) is 0 Å². The average molecular weight is 195 g/mol. The molecule has 1 aromatic carbocycles. The third-order valence-electron chi connectivity index (χ3n) is 1.62. The van der Waals surface area contributed by atoms with Gasteiger partial charge < -0.3 is 5.32 Å². The molecule has 1 rings (SSSR count). The maximum atomic E-state index is 3.48. The van der Waals surface area contributed by atoms with Crippen LogP contribution in [0.5, 0.6) is 0 Å². The Balaban J connectivity index is 2.87. The van der Waals surface area contributed by atoms with E-state index in [1.807, 2.05) is 0 Å². The second kappa shape index (κ2) is 4.05. The van der Waals surface area contributed by atoms with Crippen molar-refractivity contribution in [3.63, 3.8) is 0 Å². The summed E-state index contributed by atoms with van der Waals surface area (Å²) < 4.78 is 0. The van der Waals surface area contributed by atoms with Crippen molar-refractivity contribution in [2.75, 3.05) is 11.6 Å². The van der Waals surface area contributed by atoms with Crippen molar-refractivity contribution in [3.05, 3.63) is 24.3 Å². The Morgan fingerprint density at radius 3 is 2.31 bits per heavy atom. The van der Waals surface area contributed by atoms with Crippen molar-refractivity contribution in [1.82, 2.24) is 0 Å². The van der Waals surface area contributed by atoms with Crippen LogP contribution in [0.3, 0.4) is 0 Å². The number of benzene rings is 1. The van der Waals surface area contributed by atoms with Gasteiger partial charge in [-0.3, -0.25) is 0 Å². The summed E-state index contributed by atoms with van der Waals surface area (Å²) in [4.78, 5) is 1.30. The topological polar surface area (TPSA) is 12.0 Å². The van der Waals surface area contributed by atoms with E-state index in [0.717, 1.165) is 0 Å². The summed E-state index contributed by atoms with van der Waals surface area (Å²) >= 11 is 1.77. The van der Waals surface area contributed by atoms with Gasteiger partial charge in [-0.2, -0.15) is 0 Å². The standard InChI is InChI=1S/C11H17NS/c1-11(2,3)12-9-7-5-6-8-10(9)13-4/h5-8,12H,1-4H3. The van der Waals surface area contributed by atoms with Crippen molar-refractivity contribution in [2.24, 2.45) is 0 Å². The highest BCUT2D eigenvalue weighted by molar-refractivity contribution is 7.98. The van der Waals surface area contributed by atoms with Gasteiger partial charge in [-0.1, -0.05) is 12.1 Å². The van der Waals surface area contributed by atoms with Gasteiger partial charge in [0.1, 0.15) is 0 Å². The van der Waals surface area contributed by atoms with Gasteiger partial charge >= 0.3 is 0 Å². The third kappa shape index (κ3) is 3.31. The molecular weight excluding hydrogens is 178 g/mol. The van der Waals surface area contributed by atoms with Gasteiger partial charge in [0.2, 0.25) is 0 Å². The minimum absolute atomic E-state index is 0.131. The van der Waals surface area contributed by atoms with Crippen LogP contribution in [0.2, 0.25) is 0 Å². The number of para-hydroxylation sites is 1. The number of nitrogens with one attached hydrogen (secondary N) is 1. The van der Waals surface area contributed by atoms with E-state index < -0.39 is 0 Å². The van der Waals surface area contributed by atoms with E-state index >= 15 is 0 Å². The predicted octanol–water partition coefficient (Wildman–Crippen LogP) is 3.62. The molecule has 0 aliphatic rings. The molecular formula is C11H17NS. The lowest BCUT2D eigenvalue weighted by Gasteiger charge is -2.23. The summed E-state index contributed by atoms with van der Waals surface area (Å²) in [6.45, 7) is 6.51. The minimum Gasteiger partial charge on any atom is -0.380 e. The van der Waals surface area contributed by atoms with Gasteiger partial charge in [0.05, 0.1) is 0 Å². The smallest absolute Gasteiger partial charge is 0.0482 e. The molecule has 0 amide bonds. The lowest BCUT2D eigenvalue weighted by molar-refractivity contribution is 0.632. The molecule has 0 bridgehead atoms. The van der Waals surface area contributed by atoms with E-state index in [4.69, 9.17) is 0 Å². The van der Waals surface area contributed by atoms with E-state index in [-0.39, 0.29) is 5.54 Å². The fraction of sp³-hybridized carbons (Fsp3) is 0.455. The predicted molar refractivity (Wildman–Crippen MR) is 61.6 cm³/mol. The normalized spacial score (nSPS) is 11.4. The Morgan fingerprint density at radius 1 is 1.15 bits per heavy atom. The lowest BCUT2D eigenvalue weighted by Crippen LogP contribution is -2.26. The fourth-order valence-corrected chi connectivity index (χ4v) is 1.71. The lowest BCUT2D eigenvalue weighted by atomic mass is 10.1. The monoisotopic (exact) mass is 195 g/mol. The molecule has 0 saturated heterocycles. The van der Waals surface area contributed by atoms with Gasteiger partial charge in [-0.25, -0.2) is 0 Å². The zero-order chi connectivity index (χ0) is 9.90. The molecule has 0 aromatic heterocycles. The fourth-order valence-electron chi connectivity index (χ4n) is 1.15. The maximum absolute atomic E-state index is 3.48. The highest BCUT2D eigenvalue weighted by Crippen LogP contribution is 2.26. The second-order valence-electron chi connectivity index (χ2n) is 4.08. The summed E-state index contributed by atoms with van der Waals surface area (Å²) in [6.07, 6.45) is 2.10. The summed E-state index contributed by atoms with van der Waals surface area (Å²) in [5, 5.41) is 3.48. The molecule has 0 unspecified atom stereocenters. The van der Waals surface area contributed by atoms with Crippen molar-refractivity contribution >= 4 is 17.4 Å². The molecule has 0 fully saturated rings. The van der Waals surface area contributed by atoms with E-state index in [0.29, 0.717) is 0 Å². The summed E-state index contributed by atoms with van der Waals surface area (Å²) in [5.41, 5.74) is 1.36. The van der Waals surface area contributed by atoms with Gasteiger partial charge in [0.25, 0.3) is 0 Å². The van der Waals surface area contributed by atoms with Crippen molar-refractivity contribution in [2.45, 2.75) is 31.2 Å². The first kappa shape index (κ1) is 10.5. The van der Waals surface area contributed by atoms with Crippen LogP contribution in [0.1, 0.15) is 20.8 Å². The Hall–Kier alpha value is -0.630. The van der Waals surface area contributed by atoms with Crippen LogP contribution in [-0.4, -0.2) is 11.8 Å². The largest absolute Gasteiger partial charge is 0.380 e. The summed E-state index contributed by atoms with van der Waals surface area (Å²) in [7, 11) is 0. The van der Waals surface area contributed by atoms with E-state index in [1.54, 1.807) is 11.8 Å². The zero-order valence-corrected chi connectivity index (χ0v) is 9.53. The molecule has 1 nitrogen and oxygen atoms in total. The molecule has 0 aliphatic carbocycles. The van der Waals surface area contributed by atoms with Crippen molar-refractivity contribution < 1.29 is 0 Å². The Morgan fingerprint density at radius 2 is 1.77 bits per heavy atom. The number of hydrogen-bond donors (Lipinski definition) is 1. The van der Waals surface area contributed by atoms with Gasteiger partial charge in [-0.15, -0.1) is 11.8 Å². The van der Waals surface area contributed by atoms with Crippen LogP contribution >= 0.6 is 11.8 Å². The number of hydrogen-bond acceptors (Lipinski definition) is 2. The molecule has 0 spiro atoms. The first-order chi connectivity index (χ1) is 6.03. The van der Waals surface area contributed by atoms with Crippen LogP contribution in [0.4, 0.5) is 5.69 Å². The molecule has 2 heteroatoms. The quantitative estimate of drug-likeness (QED) is 0.723. The van der Waals surface area contributed by atoms with E-state index in [1.165, 1.54) is 10.6 Å². The average Bonchev–Trinajstić information content (AvgIpc) is 2.02. The molecule has 72 valence electrons. The Bertz CT molecular complexity index is 276.